The van der Waals surface area contributed by atoms with Gasteiger partial charge < -0.3 is 19.9 Å². The third-order valence-corrected chi connectivity index (χ3v) is 10.5. The molecule has 4 aromatic rings. The molecule has 46 heavy (non-hydrogen) atoms. The van der Waals surface area contributed by atoms with E-state index >= 15 is 0 Å². The van der Waals surface area contributed by atoms with Gasteiger partial charge in [0.2, 0.25) is 5.91 Å². The molecule has 5 atom stereocenters. The lowest BCUT2D eigenvalue weighted by Gasteiger charge is -2.60. The van der Waals surface area contributed by atoms with Crippen LogP contribution < -0.4 is 16.1 Å². The van der Waals surface area contributed by atoms with Crippen LogP contribution in [-0.4, -0.2) is 41.0 Å². The van der Waals surface area contributed by atoms with E-state index in [0.29, 0.717) is 50.5 Å². The number of nitrogens with zero attached hydrogens (tertiary/aromatic N) is 1. The van der Waals surface area contributed by atoms with Gasteiger partial charge in [-0.05, 0) is 97.9 Å². The second-order valence-corrected chi connectivity index (χ2v) is 13.7. The zero-order valence-electron chi connectivity index (χ0n) is 25.8. The van der Waals surface area contributed by atoms with Crippen molar-refractivity contribution in [2.45, 2.75) is 57.0 Å². The molecule has 2 N–H and O–H groups in total. The van der Waals surface area contributed by atoms with E-state index < -0.39 is 5.97 Å². The van der Waals surface area contributed by atoms with Gasteiger partial charge >= 0.3 is 5.97 Å². The number of ether oxygens (including phenoxy) is 1. The van der Waals surface area contributed by atoms with Gasteiger partial charge in [0.05, 0.1) is 12.6 Å². The zero-order valence-corrected chi connectivity index (χ0v) is 26.6. The number of esters is 1. The summed E-state index contributed by atoms with van der Waals surface area (Å²) in [6, 6.07) is 21.6. The average Bonchev–Trinajstić information content (AvgIpc) is 3.03. The zero-order chi connectivity index (χ0) is 32.2. The summed E-state index contributed by atoms with van der Waals surface area (Å²) < 4.78 is 6.92. The van der Waals surface area contributed by atoms with Crippen LogP contribution in [0.1, 0.15) is 71.0 Å². The van der Waals surface area contributed by atoms with Crippen molar-refractivity contribution in [3.63, 3.8) is 0 Å². The molecule has 8 nitrogen and oxygen atoms in total. The van der Waals surface area contributed by atoms with Crippen molar-refractivity contribution >= 4 is 40.3 Å². The van der Waals surface area contributed by atoms with E-state index in [-0.39, 0.29) is 40.9 Å². The monoisotopic (exact) mass is 637 g/mol. The van der Waals surface area contributed by atoms with Crippen LogP contribution in [0.4, 0.5) is 0 Å². The first-order valence-electron chi connectivity index (χ1n) is 15.8. The summed E-state index contributed by atoms with van der Waals surface area (Å²) in [5.41, 5.74) is 2.54. The lowest BCUT2D eigenvalue weighted by Crippen LogP contribution is -2.66. The van der Waals surface area contributed by atoms with Crippen molar-refractivity contribution in [2.24, 2.45) is 17.8 Å². The first-order chi connectivity index (χ1) is 22.1. The second-order valence-electron chi connectivity index (χ2n) is 13.3. The molecule has 0 unspecified atom stereocenters. The summed E-state index contributed by atoms with van der Waals surface area (Å²) in [7, 11) is 1.30. The van der Waals surface area contributed by atoms with Gasteiger partial charge in [-0.3, -0.25) is 14.4 Å². The molecule has 4 fully saturated rings. The van der Waals surface area contributed by atoms with Gasteiger partial charge in [-0.25, -0.2) is 4.79 Å². The van der Waals surface area contributed by atoms with Crippen molar-refractivity contribution < 1.29 is 19.1 Å². The van der Waals surface area contributed by atoms with E-state index in [1.807, 2.05) is 42.5 Å². The molecule has 0 saturated heterocycles. The van der Waals surface area contributed by atoms with E-state index in [0.717, 1.165) is 37.7 Å². The van der Waals surface area contributed by atoms with Gasteiger partial charge in [0.25, 0.3) is 5.91 Å². The highest BCUT2D eigenvalue weighted by atomic mass is 35.5. The van der Waals surface area contributed by atoms with Crippen LogP contribution in [0.3, 0.4) is 0 Å². The molecule has 4 saturated carbocycles. The maximum absolute atomic E-state index is 13.9. The summed E-state index contributed by atoms with van der Waals surface area (Å²) in [6.45, 7) is 1.59. The summed E-state index contributed by atoms with van der Waals surface area (Å²) in [5, 5.41) is 7.46. The van der Waals surface area contributed by atoms with E-state index in [4.69, 9.17) is 16.3 Å². The van der Waals surface area contributed by atoms with Crippen molar-refractivity contribution in [3.05, 3.63) is 110 Å². The second kappa shape index (κ2) is 11.7. The van der Waals surface area contributed by atoms with E-state index in [1.165, 1.54) is 7.11 Å². The SMILES string of the molecule is COC(=O)c1c(Cc2ccc(C(=O)N[C@@H]3[C@@H]4C[C@@H]5C[C@H]3C[C@](NC(C)=O)(C5)C4)cc2)c(=O)c2ccc(Cl)cc2n1-c1ccccc1. The lowest BCUT2D eigenvalue weighted by molar-refractivity contribution is -0.125. The number of para-hydroxylation sites is 1. The molecular weight excluding hydrogens is 602 g/mol. The number of fused-ring (bicyclic) bond motifs is 1. The number of amides is 2. The van der Waals surface area contributed by atoms with Crippen LogP contribution in [0.25, 0.3) is 16.6 Å². The minimum atomic E-state index is -0.634. The summed E-state index contributed by atoms with van der Waals surface area (Å²) >= 11 is 6.35. The van der Waals surface area contributed by atoms with Crippen LogP contribution in [0, 0.1) is 17.8 Å². The predicted molar refractivity (Wildman–Crippen MR) is 176 cm³/mol. The average molecular weight is 638 g/mol. The highest BCUT2D eigenvalue weighted by Crippen LogP contribution is 2.55. The van der Waals surface area contributed by atoms with Crippen LogP contribution in [0.2, 0.25) is 5.02 Å². The number of nitrogens with one attached hydrogen (secondary N) is 2. The highest BCUT2D eigenvalue weighted by molar-refractivity contribution is 6.31. The quantitative estimate of drug-likeness (QED) is 0.248. The van der Waals surface area contributed by atoms with Gasteiger partial charge in [-0.2, -0.15) is 0 Å². The van der Waals surface area contributed by atoms with Crippen LogP contribution in [0.5, 0.6) is 0 Å². The first kappa shape index (κ1) is 30.2. The number of aromatic nitrogens is 1. The molecule has 8 rings (SSSR count). The van der Waals surface area contributed by atoms with Crippen LogP contribution in [-0.2, 0) is 16.0 Å². The number of halogens is 1. The number of carbonyl (C=O) groups excluding carboxylic acids is 3. The minimum Gasteiger partial charge on any atom is -0.464 e. The molecule has 1 aromatic heterocycles. The summed E-state index contributed by atoms with van der Waals surface area (Å²) in [4.78, 5) is 52.6. The fraction of sp³-hybridized carbons (Fsp3) is 0.351. The Morgan fingerprint density at radius 2 is 1.65 bits per heavy atom. The Kier molecular flexibility index (Phi) is 7.71. The first-order valence-corrected chi connectivity index (χ1v) is 16.2. The largest absolute Gasteiger partial charge is 0.464 e. The number of benzene rings is 3. The lowest BCUT2D eigenvalue weighted by atomic mass is 9.51. The molecule has 4 bridgehead atoms. The molecule has 3 aromatic carbocycles. The molecule has 236 valence electrons. The molecule has 4 aliphatic rings. The fourth-order valence-corrected chi connectivity index (χ4v) is 8.89. The number of pyridine rings is 1. The van der Waals surface area contributed by atoms with Crippen molar-refractivity contribution in [1.29, 1.82) is 0 Å². The van der Waals surface area contributed by atoms with Crippen molar-refractivity contribution in [1.82, 2.24) is 15.2 Å². The Balaban J connectivity index is 1.17. The molecule has 0 spiro atoms. The fourth-order valence-electron chi connectivity index (χ4n) is 8.73. The number of methoxy groups -OCH3 is 1. The Labute approximate surface area is 272 Å². The highest BCUT2D eigenvalue weighted by Gasteiger charge is 2.56. The third-order valence-electron chi connectivity index (χ3n) is 10.2. The molecule has 2 amide bonds. The number of hydrogen-bond donors (Lipinski definition) is 2. The maximum atomic E-state index is 13.9. The van der Waals surface area contributed by atoms with Crippen LogP contribution >= 0.6 is 11.6 Å². The van der Waals surface area contributed by atoms with E-state index in [2.05, 4.69) is 10.6 Å². The summed E-state index contributed by atoms with van der Waals surface area (Å²) in [6.07, 6.45) is 5.19. The Hall–Kier alpha value is -4.43. The van der Waals surface area contributed by atoms with Gasteiger partial charge in [0, 0.05) is 52.1 Å². The standard InChI is InChI=1S/C37H36ClN3O5/c1-21(42)40-37-18-23-14-25(19-37)32(26(15-23)20-37)39-35(44)24-10-8-22(9-11-24)16-30-33(36(45)46-2)41(28-6-4-3-5-7-28)31-17-27(38)12-13-29(31)34(30)43/h3-13,17,23,25-26,32H,14-16,18-20H2,1-2H3,(H,39,44)(H,40,42)/t23-,25-,26+,32-,37+. The molecule has 4 aliphatic carbocycles. The van der Waals surface area contributed by atoms with Crippen molar-refractivity contribution in [2.75, 3.05) is 7.11 Å². The third kappa shape index (κ3) is 5.38. The Morgan fingerprint density at radius 1 is 0.957 bits per heavy atom. The van der Waals surface area contributed by atoms with Gasteiger partial charge in [0.15, 0.2) is 5.43 Å². The Morgan fingerprint density at radius 3 is 2.30 bits per heavy atom. The molecule has 0 radical (unpaired) electrons. The number of hydrogen-bond acceptors (Lipinski definition) is 5. The van der Waals surface area contributed by atoms with Gasteiger partial charge in [-0.15, -0.1) is 0 Å². The normalized spacial score (nSPS) is 24.5. The smallest absolute Gasteiger partial charge is 0.355 e. The maximum Gasteiger partial charge on any atom is 0.355 e. The number of carbonyl (C=O) groups is 3. The van der Waals surface area contributed by atoms with E-state index in [1.54, 1.807) is 41.8 Å². The topological polar surface area (TPSA) is 106 Å². The number of rotatable bonds is 7. The van der Waals surface area contributed by atoms with Gasteiger partial charge in [0.1, 0.15) is 5.69 Å². The van der Waals surface area contributed by atoms with Crippen LogP contribution in [0.15, 0.2) is 77.6 Å². The Bertz CT molecular complexity index is 1900. The minimum absolute atomic E-state index is 0.0217. The van der Waals surface area contributed by atoms with Gasteiger partial charge in [-0.1, -0.05) is 41.9 Å². The molecule has 9 heteroatoms. The predicted octanol–water partition coefficient (Wildman–Crippen LogP) is 5.83. The molecule has 1 heterocycles. The molecule has 0 aliphatic heterocycles. The molecular formula is C37H36ClN3O5. The van der Waals surface area contributed by atoms with Crippen molar-refractivity contribution in [3.8, 4) is 5.69 Å². The summed E-state index contributed by atoms with van der Waals surface area (Å²) in [5.74, 6) is 0.575. The van der Waals surface area contributed by atoms with E-state index in [9.17, 15) is 19.2 Å².